The average molecular weight is 456 g/mol. The van der Waals surface area contributed by atoms with Crippen LogP contribution < -0.4 is 0 Å². The van der Waals surface area contributed by atoms with E-state index in [2.05, 4.69) is 0 Å². The van der Waals surface area contributed by atoms with E-state index in [-0.39, 0.29) is 31.8 Å². The van der Waals surface area contributed by atoms with Gasteiger partial charge in [0.25, 0.3) is 0 Å². The lowest BCUT2D eigenvalue weighted by Crippen LogP contribution is -2.40. The zero-order valence-electron chi connectivity index (χ0n) is 14.3. The van der Waals surface area contributed by atoms with Crippen LogP contribution in [0.1, 0.15) is 37.0 Å². The van der Waals surface area contributed by atoms with Crippen LogP contribution in [0.3, 0.4) is 0 Å². The summed E-state index contributed by atoms with van der Waals surface area (Å²) in [5, 5.41) is 0. The van der Waals surface area contributed by atoms with Crippen LogP contribution in [0.2, 0.25) is 0 Å². The summed E-state index contributed by atoms with van der Waals surface area (Å²) in [5.74, 6) is -1.87. The summed E-state index contributed by atoms with van der Waals surface area (Å²) in [6.45, 7) is 3.71. The fourth-order valence-electron chi connectivity index (χ4n) is 3.14. The molecule has 1 unspecified atom stereocenters. The minimum atomic E-state index is -1.45. The fourth-order valence-corrected chi connectivity index (χ4v) is 3.79. The maximum atomic E-state index is 12.9. The summed E-state index contributed by atoms with van der Waals surface area (Å²) in [7, 11) is 0. The predicted octanol–water partition coefficient (Wildman–Crippen LogP) is 3.71. The molecule has 5 nitrogen and oxygen atoms in total. The molecular weight excluding hydrogens is 435 g/mol. The summed E-state index contributed by atoms with van der Waals surface area (Å²) in [4.78, 5) is 38.1. The van der Waals surface area contributed by atoms with Gasteiger partial charge >= 0.3 is 11.9 Å². The van der Waals surface area contributed by atoms with Gasteiger partial charge in [0.15, 0.2) is 11.2 Å². The molecule has 1 aromatic rings. The largest absolute Gasteiger partial charge is 0.465 e. The maximum absolute atomic E-state index is 12.9. The second-order valence-electron chi connectivity index (χ2n) is 5.87. The second-order valence-corrected chi connectivity index (χ2v) is 6.49. The van der Waals surface area contributed by atoms with Crippen molar-refractivity contribution < 1.29 is 23.9 Å². The molecule has 1 saturated carbocycles. The second kappa shape index (κ2) is 8.60. The summed E-state index contributed by atoms with van der Waals surface area (Å²) in [5.41, 5.74) is -0.125. The molecule has 1 aromatic carbocycles. The Bertz CT molecular complexity index is 662. The number of ketones is 1. The lowest BCUT2D eigenvalue weighted by molar-refractivity contribution is -0.171. The summed E-state index contributed by atoms with van der Waals surface area (Å²) < 4.78 is 12.1. The monoisotopic (exact) mass is 456 g/mol. The SMILES string of the molecule is CCOC(=O)C1(C(=O)OCC)C/C(=C\I)C(C(=O)c2ccccc2)C1. The molecule has 1 aliphatic rings. The summed E-state index contributed by atoms with van der Waals surface area (Å²) >= 11 is 2.05. The lowest BCUT2D eigenvalue weighted by atomic mass is 9.84. The Morgan fingerprint density at radius 1 is 1.12 bits per heavy atom. The number of ether oxygens (including phenoxy) is 2. The number of Topliss-reactive ketones (excluding diaryl/α,β-unsaturated/α-hetero) is 1. The number of esters is 2. The molecule has 1 aliphatic carbocycles. The average Bonchev–Trinajstić information content (AvgIpc) is 3.03. The van der Waals surface area contributed by atoms with Gasteiger partial charge in [-0.2, -0.15) is 0 Å². The molecule has 134 valence electrons. The van der Waals surface area contributed by atoms with Crippen molar-refractivity contribution in [3.8, 4) is 0 Å². The third-order valence-corrected chi connectivity index (χ3v) is 5.15. The predicted molar refractivity (Wildman–Crippen MR) is 101 cm³/mol. The molecule has 25 heavy (non-hydrogen) atoms. The van der Waals surface area contributed by atoms with Crippen LogP contribution in [0.4, 0.5) is 0 Å². The number of carbonyl (C=O) groups is 3. The highest BCUT2D eigenvalue weighted by Gasteiger charge is 2.57. The standard InChI is InChI=1S/C19H21IO5/c1-3-24-17(22)19(18(23)25-4-2)10-14(12-20)15(11-19)16(21)13-8-6-5-7-9-13/h5-9,12,15H,3-4,10-11H2,1-2H3/b14-12+. The third kappa shape index (κ3) is 3.94. The molecule has 0 amide bonds. The molecule has 0 radical (unpaired) electrons. The number of rotatable bonds is 6. The van der Waals surface area contributed by atoms with Crippen LogP contribution >= 0.6 is 22.6 Å². The van der Waals surface area contributed by atoms with E-state index in [0.717, 1.165) is 5.57 Å². The summed E-state index contributed by atoms with van der Waals surface area (Å²) in [6.07, 6.45) is 0.226. The van der Waals surface area contributed by atoms with Gasteiger partial charge in [0.1, 0.15) is 0 Å². The highest BCUT2D eigenvalue weighted by molar-refractivity contribution is 14.1. The molecular formula is C19H21IO5. The molecule has 6 heteroatoms. The molecule has 2 rings (SSSR count). The minimum Gasteiger partial charge on any atom is -0.465 e. The van der Waals surface area contributed by atoms with Gasteiger partial charge in [-0.05, 0) is 30.8 Å². The molecule has 0 saturated heterocycles. The first-order valence-corrected chi connectivity index (χ1v) is 9.47. The molecule has 1 fully saturated rings. The normalized spacial score (nSPS) is 20.3. The van der Waals surface area contributed by atoms with Crippen molar-refractivity contribution in [1.82, 2.24) is 0 Å². The highest BCUT2D eigenvalue weighted by Crippen LogP contribution is 2.48. The number of carbonyl (C=O) groups excluding carboxylic acids is 3. The van der Waals surface area contributed by atoms with Gasteiger partial charge in [-0.3, -0.25) is 14.4 Å². The van der Waals surface area contributed by atoms with Crippen LogP contribution in [-0.2, 0) is 19.1 Å². The Balaban J connectivity index is 2.40. The maximum Gasteiger partial charge on any atom is 0.323 e. The third-order valence-electron chi connectivity index (χ3n) is 4.35. The van der Waals surface area contributed by atoms with Crippen molar-refractivity contribution in [2.45, 2.75) is 26.7 Å². The van der Waals surface area contributed by atoms with E-state index in [0.29, 0.717) is 5.56 Å². The van der Waals surface area contributed by atoms with E-state index >= 15 is 0 Å². The minimum absolute atomic E-state index is 0.0766. The smallest absolute Gasteiger partial charge is 0.323 e. The zero-order chi connectivity index (χ0) is 18.4. The molecule has 0 spiro atoms. The first-order chi connectivity index (χ1) is 12.0. The topological polar surface area (TPSA) is 69.7 Å². The van der Waals surface area contributed by atoms with Gasteiger partial charge in [-0.15, -0.1) is 0 Å². The van der Waals surface area contributed by atoms with E-state index < -0.39 is 23.3 Å². The van der Waals surface area contributed by atoms with E-state index in [1.54, 1.807) is 42.2 Å². The first-order valence-electron chi connectivity index (χ1n) is 8.23. The van der Waals surface area contributed by atoms with Gasteiger partial charge in [-0.25, -0.2) is 0 Å². The van der Waals surface area contributed by atoms with Gasteiger partial charge in [0.2, 0.25) is 0 Å². The Hall–Kier alpha value is -1.70. The Morgan fingerprint density at radius 3 is 2.16 bits per heavy atom. The van der Waals surface area contributed by atoms with Gasteiger partial charge in [0, 0.05) is 11.5 Å². The first kappa shape index (κ1) is 19.6. The summed E-state index contributed by atoms with van der Waals surface area (Å²) in [6, 6.07) is 8.89. The van der Waals surface area contributed by atoms with Crippen LogP contribution in [0.5, 0.6) is 0 Å². The Kier molecular flexibility index (Phi) is 6.75. The lowest BCUT2D eigenvalue weighted by Gasteiger charge is -2.24. The Labute approximate surface area is 160 Å². The van der Waals surface area contributed by atoms with Gasteiger partial charge < -0.3 is 9.47 Å². The van der Waals surface area contributed by atoms with Crippen LogP contribution in [0, 0.1) is 11.3 Å². The Morgan fingerprint density at radius 2 is 1.68 bits per heavy atom. The molecule has 0 N–H and O–H groups in total. The van der Waals surface area contributed by atoms with Gasteiger partial charge in [0.05, 0.1) is 13.2 Å². The van der Waals surface area contributed by atoms with Crippen molar-refractivity contribution in [3.63, 3.8) is 0 Å². The highest BCUT2D eigenvalue weighted by atomic mass is 127. The molecule has 0 heterocycles. The van der Waals surface area contributed by atoms with E-state index in [9.17, 15) is 14.4 Å². The van der Waals surface area contributed by atoms with Crippen LogP contribution in [0.25, 0.3) is 0 Å². The fraction of sp³-hybridized carbons (Fsp3) is 0.421. The molecule has 1 atom stereocenters. The number of hydrogen-bond donors (Lipinski definition) is 0. The number of halogens is 1. The van der Waals surface area contributed by atoms with E-state index in [1.165, 1.54) is 0 Å². The van der Waals surface area contributed by atoms with Crippen LogP contribution in [-0.4, -0.2) is 30.9 Å². The van der Waals surface area contributed by atoms with E-state index in [4.69, 9.17) is 9.47 Å². The van der Waals surface area contributed by atoms with Crippen molar-refractivity contribution in [3.05, 3.63) is 45.6 Å². The van der Waals surface area contributed by atoms with Crippen molar-refractivity contribution >= 4 is 40.3 Å². The molecule has 0 bridgehead atoms. The number of allylic oxidation sites excluding steroid dienone is 1. The van der Waals surface area contributed by atoms with E-state index in [1.807, 2.05) is 28.7 Å². The number of hydrogen-bond acceptors (Lipinski definition) is 5. The molecule has 0 aromatic heterocycles. The van der Waals surface area contributed by atoms with Gasteiger partial charge in [-0.1, -0.05) is 58.5 Å². The number of benzene rings is 1. The zero-order valence-corrected chi connectivity index (χ0v) is 16.4. The van der Waals surface area contributed by atoms with Crippen molar-refractivity contribution in [1.29, 1.82) is 0 Å². The van der Waals surface area contributed by atoms with Crippen molar-refractivity contribution in [2.24, 2.45) is 11.3 Å². The quantitative estimate of drug-likeness (QED) is 0.283. The molecule has 0 aliphatic heterocycles. The van der Waals surface area contributed by atoms with Crippen LogP contribution in [0.15, 0.2) is 40.0 Å². The van der Waals surface area contributed by atoms with Crippen molar-refractivity contribution in [2.75, 3.05) is 13.2 Å².